The summed E-state index contributed by atoms with van der Waals surface area (Å²) in [6.07, 6.45) is 1.94. The van der Waals surface area contributed by atoms with E-state index in [1.54, 1.807) is 0 Å². The first-order valence-corrected chi connectivity index (χ1v) is 7.12. The lowest BCUT2D eigenvalue weighted by Crippen LogP contribution is -2.44. The Labute approximate surface area is 113 Å². The van der Waals surface area contributed by atoms with Gasteiger partial charge in [-0.15, -0.1) is 0 Å². The van der Waals surface area contributed by atoms with Crippen LogP contribution in [0.5, 0.6) is 0 Å². The van der Waals surface area contributed by atoms with Crippen LogP contribution in [-0.4, -0.2) is 43.1 Å². The fourth-order valence-electron chi connectivity index (χ4n) is 1.68. The molecule has 0 aromatic carbocycles. The molecule has 0 bridgehead atoms. The monoisotopic (exact) mass is 251 g/mol. The van der Waals surface area contributed by atoms with Crippen LogP contribution in [0.25, 0.3) is 0 Å². The van der Waals surface area contributed by atoms with Gasteiger partial charge in [0.2, 0.25) is 0 Å². The number of hydrogen-bond donors (Lipinski definition) is 0. The van der Waals surface area contributed by atoms with Crippen molar-refractivity contribution < 1.29 is 0 Å². The maximum absolute atomic E-state index is 4.43. The molecule has 0 atom stereocenters. The summed E-state index contributed by atoms with van der Waals surface area (Å²) in [6, 6.07) is 4.24. The maximum Gasteiger partial charge on any atom is 0.128 e. The maximum atomic E-state index is 4.43. The first-order chi connectivity index (χ1) is 8.75. The number of pyridine rings is 1. The SMILES string of the molecule is CC.CC.Cc1ccc(N2CCN(C)CC2)nc1. The van der Waals surface area contributed by atoms with Gasteiger partial charge in [-0.3, -0.25) is 0 Å². The summed E-state index contributed by atoms with van der Waals surface area (Å²) in [5, 5.41) is 0. The van der Waals surface area contributed by atoms with Crippen LogP contribution in [0.2, 0.25) is 0 Å². The van der Waals surface area contributed by atoms with Gasteiger partial charge in [-0.2, -0.15) is 0 Å². The van der Waals surface area contributed by atoms with Gasteiger partial charge in [-0.1, -0.05) is 33.8 Å². The van der Waals surface area contributed by atoms with Gasteiger partial charge < -0.3 is 9.80 Å². The summed E-state index contributed by atoms with van der Waals surface area (Å²) in [7, 11) is 2.17. The second kappa shape index (κ2) is 9.89. The number of aryl methyl sites for hydroxylation is 1. The van der Waals surface area contributed by atoms with Gasteiger partial charge in [0, 0.05) is 32.4 Å². The van der Waals surface area contributed by atoms with Crippen LogP contribution in [0.1, 0.15) is 33.3 Å². The standard InChI is InChI=1S/C11H17N3.2C2H6/c1-10-3-4-11(12-9-10)14-7-5-13(2)6-8-14;2*1-2/h3-4,9H,5-8H2,1-2H3;2*1-2H3. The average Bonchev–Trinajstić information content (AvgIpc) is 2.45. The highest BCUT2D eigenvalue weighted by atomic mass is 15.3. The Balaban J connectivity index is 0.000000659. The molecular weight excluding hydrogens is 222 g/mol. The van der Waals surface area contributed by atoms with Crippen molar-refractivity contribution in [1.29, 1.82) is 0 Å². The normalized spacial score (nSPS) is 15.1. The van der Waals surface area contributed by atoms with Crippen LogP contribution < -0.4 is 4.90 Å². The van der Waals surface area contributed by atoms with Crippen LogP contribution in [0.3, 0.4) is 0 Å². The molecule has 1 aliphatic heterocycles. The van der Waals surface area contributed by atoms with E-state index in [0.717, 1.165) is 32.0 Å². The number of rotatable bonds is 1. The van der Waals surface area contributed by atoms with Crippen molar-refractivity contribution in [2.75, 3.05) is 38.1 Å². The van der Waals surface area contributed by atoms with Crippen LogP contribution >= 0.6 is 0 Å². The number of anilines is 1. The van der Waals surface area contributed by atoms with E-state index in [1.165, 1.54) is 5.56 Å². The zero-order valence-corrected chi connectivity index (χ0v) is 12.9. The quantitative estimate of drug-likeness (QED) is 0.764. The molecule has 0 amide bonds. The Kier molecular flexibility index (Phi) is 9.29. The van der Waals surface area contributed by atoms with Crippen molar-refractivity contribution in [2.24, 2.45) is 0 Å². The lowest BCUT2D eigenvalue weighted by atomic mass is 10.3. The third-order valence-corrected chi connectivity index (χ3v) is 2.72. The predicted octanol–water partition coefficient (Wildman–Crippen LogP) is 3.19. The zero-order chi connectivity index (χ0) is 14.0. The van der Waals surface area contributed by atoms with Gasteiger partial charge in [0.15, 0.2) is 0 Å². The molecule has 104 valence electrons. The number of hydrogen-bond acceptors (Lipinski definition) is 3. The lowest BCUT2D eigenvalue weighted by molar-refractivity contribution is 0.312. The van der Waals surface area contributed by atoms with E-state index in [4.69, 9.17) is 0 Å². The molecule has 1 aliphatic rings. The topological polar surface area (TPSA) is 19.4 Å². The van der Waals surface area contributed by atoms with Gasteiger partial charge in [-0.25, -0.2) is 4.98 Å². The minimum atomic E-state index is 1.09. The summed E-state index contributed by atoms with van der Waals surface area (Å²) < 4.78 is 0. The second-order valence-corrected chi connectivity index (χ2v) is 3.98. The molecule has 18 heavy (non-hydrogen) atoms. The fourth-order valence-corrected chi connectivity index (χ4v) is 1.68. The number of likely N-dealkylation sites (N-methyl/N-ethyl adjacent to an activating group) is 1. The van der Waals surface area contributed by atoms with Crippen molar-refractivity contribution >= 4 is 5.82 Å². The van der Waals surface area contributed by atoms with Gasteiger partial charge in [0.05, 0.1) is 0 Å². The Hall–Kier alpha value is -1.09. The van der Waals surface area contributed by atoms with Gasteiger partial charge in [0.1, 0.15) is 5.82 Å². The van der Waals surface area contributed by atoms with E-state index in [2.05, 4.69) is 40.9 Å². The third-order valence-electron chi connectivity index (χ3n) is 2.72. The Morgan fingerprint density at radius 1 is 0.944 bits per heavy atom. The van der Waals surface area contributed by atoms with Gasteiger partial charge in [-0.05, 0) is 25.6 Å². The molecule has 2 heterocycles. The van der Waals surface area contributed by atoms with Crippen molar-refractivity contribution in [3.8, 4) is 0 Å². The predicted molar refractivity (Wildman–Crippen MR) is 81.4 cm³/mol. The summed E-state index contributed by atoms with van der Waals surface area (Å²) >= 11 is 0. The molecule has 1 saturated heterocycles. The Morgan fingerprint density at radius 2 is 1.50 bits per heavy atom. The minimum absolute atomic E-state index is 1.09. The van der Waals surface area contributed by atoms with E-state index in [-0.39, 0.29) is 0 Å². The van der Waals surface area contributed by atoms with Gasteiger partial charge in [0.25, 0.3) is 0 Å². The first-order valence-electron chi connectivity index (χ1n) is 7.12. The second-order valence-electron chi connectivity index (χ2n) is 3.98. The van der Waals surface area contributed by atoms with E-state index in [1.807, 2.05) is 33.9 Å². The van der Waals surface area contributed by atoms with E-state index in [9.17, 15) is 0 Å². The fraction of sp³-hybridized carbons (Fsp3) is 0.667. The summed E-state index contributed by atoms with van der Waals surface area (Å²) in [5.74, 6) is 1.11. The molecule has 3 nitrogen and oxygen atoms in total. The van der Waals surface area contributed by atoms with Crippen molar-refractivity contribution in [2.45, 2.75) is 34.6 Å². The first kappa shape index (κ1) is 16.9. The molecule has 3 heteroatoms. The van der Waals surface area contributed by atoms with E-state index in [0.29, 0.717) is 0 Å². The molecule has 0 saturated carbocycles. The lowest BCUT2D eigenvalue weighted by Gasteiger charge is -2.33. The highest BCUT2D eigenvalue weighted by Crippen LogP contribution is 2.12. The van der Waals surface area contributed by atoms with Crippen LogP contribution in [-0.2, 0) is 0 Å². The molecule has 0 radical (unpaired) electrons. The molecule has 1 aromatic heterocycles. The number of nitrogens with zero attached hydrogens (tertiary/aromatic N) is 3. The zero-order valence-electron chi connectivity index (χ0n) is 12.9. The van der Waals surface area contributed by atoms with Crippen molar-refractivity contribution in [1.82, 2.24) is 9.88 Å². The van der Waals surface area contributed by atoms with Crippen LogP contribution in [0.15, 0.2) is 18.3 Å². The van der Waals surface area contributed by atoms with Crippen LogP contribution in [0.4, 0.5) is 5.82 Å². The van der Waals surface area contributed by atoms with Crippen LogP contribution in [0, 0.1) is 6.92 Å². The highest BCUT2D eigenvalue weighted by Gasteiger charge is 2.14. The molecule has 0 aliphatic carbocycles. The molecular formula is C15H29N3. The smallest absolute Gasteiger partial charge is 0.128 e. The molecule has 0 N–H and O–H groups in total. The summed E-state index contributed by atoms with van der Waals surface area (Å²) in [6.45, 7) is 14.5. The molecule has 1 fully saturated rings. The molecule has 2 rings (SSSR count). The number of piperazine rings is 1. The Morgan fingerprint density at radius 3 is 1.94 bits per heavy atom. The largest absolute Gasteiger partial charge is 0.354 e. The third kappa shape index (κ3) is 5.50. The minimum Gasteiger partial charge on any atom is -0.354 e. The summed E-state index contributed by atoms with van der Waals surface area (Å²) in [5.41, 5.74) is 1.22. The Bertz CT molecular complexity index is 287. The van der Waals surface area contributed by atoms with Gasteiger partial charge >= 0.3 is 0 Å². The highest BCUT2D eigenvalue weighted by molar-refractivity contribution is 5.39. The molecule has 0 spiro atoms. The summed E-state index contributed by atoms with van der Waals surface area (Å²) in [4.78, 5) is 9.13. The molecule has 0 unspecified atom stereocenters. The van der Waals surface area contributed by atoms with E-state index < -0.39 is 0 Å². The van der Waals surface area contributed by atoms with Crippen molar-refractivity contribution in [3.05, 3.63) is 23.9 Å². The average molecular weight is 251 g/mol. The van der Waals surface area contributed by atoms with E-state index >= 15 is 0 Å². The number of aromatic nitrogens is 1. The molecule has 1 aromatic rings. The van der Waals surface area contributed by atoms with Crippen molar-refractivity contribution in [3.63, 3.8) is 0 Å².